The van der Waals surface area contributed by atoms with Gasteiger partial charge in [0, 0.05) is 24.1 Å². The maximum absolute atomic E-state index is 4.33. The van der Waals surface area contributed by atoms with Crippen LogP contribution in [0.2, 0.25) is 0 Å². The number of rotatable bonds is 4. The summed E-state index contributed by atoms with van der Waals surface area (Å²) in [5.41, 5.74) is 3.64. The standard InChI is InChI=1S/C13H17N3S/c1-14-9-13-12(8-15-16(13)2)10-4-6-11(17-3)7-5-10/h4-8,14H,9H2,1-3H3. The van der Waals surface area contributed by atoms with Gasteiger partial charge in [0.25, 0.3) is 0 Å². The first-order chi connectivity index (χ1) is 8.26. The molecule has 0 atom stereocenters. The molecule has 0 aliphatic heterocycles. The Morgan fingerprint density at radius 3 is 2.59 bits per heavy atom. The molecular weight excluding hydrogens is 230 g/mol. The Hall–Kier alpha value is -1.26. The van der Waals surface area contributed by atoms with E-state index in [-0.39, 0.29) is 0 Å². The highest BCUT2D eigenvalue weighted by atomic mass is 32.2. The van der Waals surface area contributed by atoms with E-state index in [1.165, 1.54) is 21.7 Å². The minimum Gasteiger partial charge on any atom is -0.314 e. The molecule has 0 unspecified atom stereocenters. The van der Waals surface area contributed by atoms with Gasteiger partial charge in [-0.1, -0.05) is 12.1 Å². The van der Waals surface area contributed by atoms with Crippen molar-refractivity contribution < 1.29 is 0 Å². The maximum Gasteiger partial charge on any atom is 0.0597 e. The normalized spacial score (nSPS) is 10.8. The molecule has 2 aromatic rings. The minimum atomic E-state index is 0.829. The predicted octanol–water partition coefficient (Wildman–Crippen LogP) is 2.53. The van der Waals surface area contributed by atoms with Gasteiger partial charge < -0.3 is 5.32 Å². The van der Waals surface area contributed by atoms with Crippen molar-refractivity contribution in [3.8, 4) is 11.1 Å². The van der Waals surface area contributed by atoms with Crippen LogP contribution < -0.4 is 5.32 Å². The monoisotopic (exact) mass is 247 g/mol. The molecule has 2 rings (SSSR count). The lowest BCUT2D eigenvalue weighted by Gasteiger charge is -2.06. The average molecular weight is 247 g/mol. The molecule has 0 amide bonds. The van der Waals surface area contributed by atoms with Gasteiger partial charge in [-0.15, -0.1) is 11.8 Å². The number of aromatic nitrogens is 2. The highest BCUT2D eigenvalue weighted by Crippen LogP contribution is 2.25. The van der Waals surface area contributed by atoms with Crippen LogP contribution >= 0.6 is 11.8 Å². The Bertz CT molecular complexity index is 488. The molecule has 1 N–H and O–H groups in total. The Kier molecular flexibility index (Phi) is 3.86. The Morgan fingerprint density at radius 2 is 2.00 bits per heavy atom. The Labute approximate surface area is 106 Å². The predicted molar refractivity (Wildman–Crippen MR) is 73.2 cm³/mol. The van der Waals surface area contributed by atoms with E-state index in [1.807, 2.05) is 25.0 Å². The van der Waals surface area contributed by atoms with Crippen LogP contribution in [0.4, 0.5) is 0 Å². The summed E-state index contributed by atoms with van der Waals surface area (Å²) in [4.78, 5) is 1.29. The molecule has 4 heteroatoms. The average Bonchev–Trinajstić information content (AvgIpc) is 2.72. The van der Waals surface area contributed by atoms with Crippen molar-refractivity contribution in [2.45, 2.75) is 11.4 Å². The number of thioether (sulfide) groups is 1. The highest BCUT2D eigenvalue weighted by molar-refractivity contribution is 7.98. The van der Waals surface area contributed by atoms with Gasteiger partial charge in [-0.3, -0.25) is 4.68 Å². The molecule has 0 saturated carbocycles. The fraction of sp³-hybridized carbons (Fsp3) is 0.308. The summed E-state index contributed by atoms with van der Waals surface area (Å²) >= 11 is 1.76. The van der Waals surface area contributed by atoms with E-state index in [4.69, 9.17) is 0 Å². The third-order valence-corrected chi connectivity index (χ3v) is 3.55. The first kappa shape index (κ1) is 12.2. The van der Waals surface area contributed by atoms with Crippen LogP contribution in [0.3, 0.4) is 0 Å². The summed E-state index contributed by atoms with van der Waals surface area (Å²) in [5.74, 6) is 0. The molecule has 0 fully saturated rings. The molecule has 0 bridgehead atoms. The van der Waals surface area contributed by atoms with Crippen LogP contribution in [-0.4, -0.2) is 23.1 Å². The molecule has 0 saturated heterocycles. The number of hydrogen-bond acceptors (Lipinski definition) is 3. The number of nitrogens with one attached hydrogen (secondary N) is 1. The van der Waals surface area contributed by atoms with Gasteiger partial charge in [0.2, 0.25) is 0 Å². The van der Waals surface area contributed by atoms with Gasteiger partial charge >= 0.3 is 0 Å². The summed E-state index contributed by atoms with van der Waals surface area (Å²) in [6, 6.07) is 8.61. The Balaban J connectivity index is 2.38. The summed E-state index contributed by atoms with van der Waals surface area (Å²) < 4.78 is 1.92. The number of hydrogen-bond donors (Lipinski definition) is 1. The number of benzene rings is 1. The van der Waals surface area contributed by atoms with Crippen molar-refractivity contribution in [2.24, 2.45) is 7.05 Å². The van der Waals surface area contributed by atoms with E-state index >= 15 is 0 Å². The van der Waals surface area contributed by atoms with Gasteiger partial charge in [-0.25, -0.2) is 0 Å². The van der Waals surface area contributed by atoms with Crippen LogP contribution in [0, 0.1) is 0 Å². The summed E-state index contributed by atoms with van der Waals surface area (Å²) in [7, 11) is 3.93. The van der Waals surface area contributed by atoms with Crippen LogP contribution in [0.15, 0.2) is 35.4 Å². The topological polar surface area (TPSA) is 29.9 Å². The van der Waals surface area contributed by atoms with Crippen LogP contribution in [0.25, 0.3) is 11.1 Å². The van der Waals surface area contributed by atoms with Crippen molar-refractivity contribution in [2.75, 3.05) is 13.3 Å². The largest absolute Gasteiger partial charge is 0.314 e. The summed E-state index contributed by atoms with van der Waals surface area (Å²) in [6.07, 6.45) is 4.02. The molecule has 17 heavy (non-hydrogen) atoms. The van der Waals surface area contributed by atoms with Gasteiger partial charge in [0.05, 0.1) is 11.9 Å². The first-order valence-corrected chi connectivity index (χ1v) is 6.78. The van der Waals surface area contributed by atoms with Crippen LogP contribution in [0.5, 0.6) is 0 Å². The lowest BCUT2D eigenvalue weighted by molar-refractivity contribution is 0.673. The van der Waals surface area contributed by atoms with E-state index in [0.717, 1.165) is 6.54 Å². The van der Waals surface area contributed by atoms with Crippen molar-refractivity contribution >= 4 is 11.8 Å². The third-order valence-electron chi connectivity index (χ3n) is 2.81. The van der Waals surface area contributed by atoms with Gasteiger partial charge in [-0.2, -0.15) is 5.10 Å². The van der Waals surface area contributed by atoms with E-state index in [9.17, 15) is 0 Å². The van der Waals surface area contributed by atoms with Crippen molar-refractivity contribution in [1.82, 2.24) is 15.1 Å². The summed E-state index contributed by atoms with van der Waals surface area (Å²) in [6.45, 7) is 0.829. The van der Waals surface area contributed by atoms with E-state index in [1.54, 1.807) is 11.8 Å². The molecule has 1 aromatic heterocycles. The molecule has 0 spiro atoms. The second-order valence-corrected chi connectivity index (χ2v) is 4.77. The minimum absolute atomic E-state index is 0.829. The van der Waals surface area contributed by atoms with Crippen molar-refractivity contribution in [3.05, 3.63) is 36.2 Å². The number of aryl methyl sites for hydroxylation is 1. The lowest BCUT2D eigenvalue weighted by Crippen LogP contribution is -2.10. The first-order valence-electron chi connectivity index (χ1n) is 5.56. The SMILES string of the molecule is CNCc1c(-c2ccc(SC)cc2)cnn1C. The molecule has 0 aliphatic carbocycles. The number of nitrogens with zero attached hydrogens (tertiary/aromatic N) is 2. The highest BCUT2D eigenvalue weighted by Gasteiger charge is 2.09. The summed E-state index contributed by atoms with van der Waals surface area (Å²) in [5, 5.41) is 7.50. The molecule has 90 valence electrons. The zero-order valence-electron chi connectivity index (χ0n) is 10.4. The molecule has 1 heterocycles. The van der Waals surface area contributed by atoms with Gasteiger partial charge in [0.1, 0.15) is 0 Å². The van der Waals surface area contributed by atoms with Crippen molar-refractivity contribution in [3.63, 3.8) is 0 Å². The van der Waals surface area contributed by atoms with Crippen LogP contribution in [-0.2, 0) is 13.6 Å². The molecule has 3 nitrogen and oxygen atoms in total. The second kappa shape index (κ2) is 5.38. The lowest BCUT2D eigenvalue weighted by atomic mass is 10.1. The molecule has 0 radical (unpaired) electrons. The fourth-order valence-electron chi connectivity index (χ4n) is 1.85. The molecule has 1 aromatic carbocycles. The van der Waals surface area contributed by atoms with E-state index in [2.05, 4.69) is 40.9 Å². The van der Waals surface area contributed by atoms with Gasteiger partial charge in [0.15, 0.2) is 0 Å². The quantitative estimate of drug-likeness (QED) is 0.842. The molecular formula is C13H17N3S. The maximum atomic E-state index is 4.33. The Morgan fingerprint density at radius 1 is 1.29 bits per heavy atom. The smallest absolute Gasteiger partial charge is 0.0597 e. The van der Waals surface area contributed by atoms with E-state index < -0.39 is 0 Å². The third kappa shape index (κ3) is 2.53. The van der Waals surface area contributed by atoms with E-state index in [0.29, 0.717) is 0 Å². The van der Waals surface area contributed by atoms with Crippen LogP contribution in [0.1, 0.15) is 5.69 Å². The second-order valence-electron chi connectivity index (χ2n) is 3.89. The molecule has 0 aliphatic rings. The fourth-order valence-corrected chi connectivity index (χ4v) is 2.26. The van der Waals surface area contributed by atoms with Crippen molar-refractivity contribution in [1.29, 1.82) is 0 Å². The zero-order valence-corrected chi connectivity index (χ0v) is 11.2. The van der Waals surface area contributed by atoms with Gasteiger partial charge in [-0.05, 0) is 31.0 Å². The zero-order chi connectivity index (χ0) is 12.3.